The third-order valence-corrected chi connectivity index (χ3v) is 8.77. The number of hydrogen-bond donors (Lipinski definition) is 1. The highest BCUT2D eigenvalue weighted by molar-refractivity contribution is 7.89. The number of carbonyl (C=O) groups is 1. The zero-order valence-corrected chi connectivity index (χ0v) is 17.5. The molecule has 3 aliphatic rings. The van der Waals surface area contributed by atoms with E-state index in [1.807, 2.05) is 0 Å². The van der Waals surface area contributed by atoms with Crippen LogP contribution in [0, 0.1) is 11.8 Å². The number of carbonyl (C=O) groups excluding carboxylic acids is 1. The Kier molecular flexibility index (Phi) is 5.22. The van der Waals surface area contributed by atoms with E-state index in [1.54, 1.807) is 12.1 Å². The maximum Gasteiger partial charge on any atom is 0.260 e. The van der Waals surface area contributed by atoms with Crippen LogP contribution in [0.1, 0.15) is 39.5 Å². The van der Waals surface area contributed by atoms with Crippen molar-refractivity contribution >= 4 is 15.9 Å². The van der Waals surface area contributed by atoms with Gasteiger partial charge in [-0.05, 0) is 38.3 Å². The number of pyridine rings is 1. The van der Waals surface area contributed by atoms with Gasteiger partial charge in [0.25, 0.3) is 10.0 Å². The molecule has 1 aromatic rings. The molecule has 3 saturated heterocycles. The second-order valence-electron chi connectivity index (χ2n) is 8.52. The number of aromatic nitrogens is 1. The number of nitrogens with one attached hydrogen (secondary N) is 1. The minimum Gasteiger partial charge on any atom is -0.350 e. The highest BCUT2D eigenvalue weighted by Crippen LogP contribution is 2.45. The average molecular weight is 407 g/mol. The molecular weight excluding hydrogens is 376 g/mol. The number of piperidine rings is 1. The summed E-state index contributed by atoms with van der Waals surface area (Å²) in [5.74, 6) is 0.467. The Balaban J connectivity index is 1.47. The maximum atomic E-state index is 12.9. The number of nitrogens with zero attached hydrogens (tertiary/aromatic N) is 3. The molecule has 0 aromatic carbocycles. The lowest BCUT2D eigenvalue weighted by Gasteiger charge is -2.42. The zero-order valence-electron chi connectivity index (χ0n) is 16.7. The van der Waals surface area contributed by atoms with E-state index in [-0.39, 0.29) is 28.3 Å². The Morgan fingerprint density at radius 2 is 2.04 bits per heavy atom. The number of sulfonamides is 1. The summed E-state index contributed by atoms with van der Waals surface area (Å²) in [6, 6.07) is 5.43. The van der Waals surface area contributed by atoms with Gasteiger partial charge >= 0.3 is 0 Å². The van der Waals surface area contributed by atoms with Crippen molar-refractivity contribution in [2.45, 2.75) is 56.1 Å². The molecule has 0 aliphatic carbocycles. The molecule has 1 amide bonds. The average Bonchev–Trinajstić information content (AvgIpc) is 3.24. The lowest BCUT2D eigenvalue weighted by atomic mass is 9.76. The molecule has 3 atom stereocenters. The number of hydrogen-bond acceptors (Lipinski definition) is 5. The van der Waals surface area contributed by atoms with E-state index in [9.17, 15) is 13.2 Å². The molecule has 0 radical (unpaired) electrons. The van der Waals surface area contributed by atoms with Crippen LogP contribution in [0.25, 0.3) is 0 Å². The van der Waals surface area contributed by atoms with E-state index in [2.05, 4.69) is 29.0 Å². The van der Waals surface area contributed by atoms with Crippen molar-refractivity contribution in [1.29, 1.82) is 0 Å². The number of amides is 1. The van der Waals surface area contributed by atoms with Crippen molar-refractivity contribution in [3.63, 3.8) is 0 Å². The normalized spacial score (nSPS) is 29.0. The van der Waals surface area contributed by atoms with Gasteiger partial charge in [0.2, 0.25) is 5.91 Å². The third kappa shape index (κ3) is 3.25. The van der Waals surface area contributed by atoms with Gasteiger partial charge in [-0.25, -0.2) is 13.4 Å². The van der Waals surface area contributed by atoms with Crippen molar-refractivity contribution in [2.24, 2.45) is 11.8 Å². The summed E-state index contributed by atoms with van der Waals surface area (Å²) < 4.78 is 27.2. The van der Waals surface area contributed by atoms with Gasteiger partial charge in [-0.2, -0.15) is 4.31 Å². The quantitative estimate of drug-likeness (QED) is 0.801. The first-order chi connectivity index (χ1) is 13.4. The minimum absolute atomic E-state index is 0.0400. The third-order valence-electron chi connectivity index (χ3n) is 6.95. The second kappa shape index (κ2) is 7.39. The first-order valence-corrected chi connectivity index (χ1v) is 11.8. The highest BCUT2D eigenvalue weighted by Gasteiger charge is 2.58. The van der Waals surface area contributed by atoms with Crippen molar-refractivity contribution in [3.05, 3.63) is 24.4 Å². The Bertz CT molecular complexity index is 821. The Hall–Kier alpha value is -1.51. The molecule has 3 aliphatic heterocycles. The lowest BCUT2D eigenvalue weighted by molar-refractivity contribution is -0.123. The monoisotopic (exact) mass is 406 g/mol. The zero-order chi connectivity index (χ0) is 19.9. The predicted octanol–water partition coefficient (Wildman–Crippen LogP) is 1.47. The molecule has 1 spiro atoms. The fourth-order valence-corrected chi connectivity index (χ4v) is 6.68. The van der Waals surface area contributed by atoms with Crippen LogP contribution >= 0.6 is 0 Å². The Morgan fingerprint density at radius 3 is 2.68 bits per heavy atom. The molecule has 7 nitrogen and oxygen atoms in total. The summed E-state index contributed by atoms with van der Waals surface area (Å²) in [5, 5.41) is 3.37. The summed E-state index contributed by atoms with van der Waals surface area (Å²) >= 11 is 0. The number of fused-ring (bicyclic) bond motifs is 2. The van der Waals surface area contributed by atoms with Crippen LogP contribution < -0.4 is 5.32 Å². The largest absolute Gasteiger partial charge is 0.350 e. The molecule has 0 unspecified atom stereocenters. The van der Waals surface area contributed by atoms with Crippen molar-refractivity contribution < 1.29 is 13.2 Å². The number of likely N-dealkylation sites (tertiary alicyclic amines) is 1. The number of rotatable bonds is 5. The van der Waals surface area contributed by atoms with E-state index in [0.29, 0.717) is 32.0 Å². The fourth-order valence-electron chi connectivity index (χ4n) is 5.30. The van der Waals surface area contributed by atoms with Crippen molar-refractivity contribution in [3.8, 4) is 0 Å². The molecule has 28 heavy (non-hydrogen) atoms. The van der Waals surface area contributed by atoms with Crippen LogP contribution in [-0.4, -0.2) is 66.3 Å². The standard InChI is InChI=1S/C20H30N4O3S/c1-3-6-15(2)23-13-16-17(14-23)20(22-19(16)25)8-11-24(12-9-20)28(26,27)18-7-4-5-10-21-18/h4-5,7,10,15-17H,3,6,8-9,11-14H2,1-2H3,(H,22,25)/t15-,16-,17+/m1/s1. The minimum atomic E-state index is -3.58. The van der Waals surface area contributed by atoms with E-state index >= 15 is 0 Å². The van der Waals surface area contributed by atoms with Gasteiger partial charge in [-0.1, -0.05) is 19.4 Å². The summed E-state index contributed by atoms with van der Waals surface area (Å²) in [6.07, 6.45) is 5.13. The molecule has 1 aromatic heterocycles. The van der Waals surface area contributed by atoms with Crippen LogP contribution in [0.15, 0.2) is 29.4 Å². The Labute approximate surface area is 167 Å². The fraction of sp³-hybridized carbons (Fsp3) is 0.700. The molecule has 8 heteroatoms. The van der Waals surface area contributed by atoms with Gasteiger partial charge < -0.3 is 5.32 Å². The first kappa shape index (κ1) is 19.8. The highest BCUT2D eigenvalue weighted by atomic mass is 32.2. The topological polar surface area (TPSA) is 82.6 Å². The predicted molar refractivity (Wildman–Crippen MR) is 106 cm³/mol. The van der Waals surface area contributed by atoms with E-state index in [1.165, 1.54) is 16.6 Å². The SMILES string of the molecule is CCC[C@@H](C)N1C[C@H]2C(=O)NC3(CCN(S(=O)(=O)c4ccccn4)CC3)[C@H]2C1. The molecule has 1 N–H and O–H groups in total. The van der Waals surface area contributed by atoms with Gasteiger partial charge in [0.1, 0.15) is 0 Å². The molecular formula is C20H30N4O3S. The smallest absolute Gasteiger partial charge is 0.260 e. The van der Waals surface area contributed by atoms with Crippen molar-refractivity contribution in [1.82, 2.24) is 19.5 Å². The summed E-state index contributed by atoms with van der Waals surface area (Å²) in [4.78, 5) is 19.2. The molecule has 0 bridgehead atoms. The lowest BCUT2D eigenvalue weighted by Crippen LogP contribution is -2.56. The second-order valence-corrected chi connectivity index (χ2v) is 10.4. The van der Waals surface area contributed by atoms with Gasteiger partial charge in [0, 0.05) is 49.9 Å². The van der Waals surface area contributed by atoms with Crippen molar-refractivity contribution in [2.75, 3.05) is 26.2 Å². The maximum absolute atomic E-state index is 12.9. The van der Waals surface area contributed by atoms with Crippen LogP contribution in [-0.2, 0) is 14.8 Å². The summed E-state index contributed by atoms with van der Waals surface area (Å²) in [5.41, 5.74) is -0.265. The molecule has 3 fully saturated rings. The first-order valence-electron chi connectivity index (χ1n) is 10.3. The molecule has 0 saturated carbocycles. The molecule has 4 rings (SSSR count). The van der Waals surface area contributed by atoms with Gasteiger partial charge in [0.05, 0.1) is 5.92 Å². The van der Waals surface area contributed by atoms with Crippen LogP contribution in [0.5, 0.6) is 0 Å². The summed E-state index contributed by atoms with van der Waals surface area (Å²) in [6.45, 7) is 7.04. The van der Waals surface area contributed by atoms with Gasteiger partial charge in [-0.3, -0.25) is 9.69 Å². The van der Waals surface area contributed by atoms with Gasteiger partial charge in [-0.15, -0.1) is 0 Å². The summed E-state index contributed by atoms with van der Waals surface area (Å²) in [7, 11) is -3.58. The van der Waals surface area contributed by atoms with Crippen LogP contribution in [0.3, 0.4) is 0 Å². The van der Waals surface area contributed by atoms with Gasteiger partial charge in [0.15, 0.2) is 5.03 Å². The van der Waals surface area contributed by atoms with Crippen LogP contribution in [0.2, 0.25) is 0 Å². The van der Waals surface area contributed by atoms with E-state index < -0.39 is 10.0 Å². The van der Waals surface area contributed by atoms with E-state index in [4.69, 9.17) is 0 Å². The Morgan fingerprint density at radius 1 is 1.29 bits per heavy atom. The van der Waals surface area contributed by atoms with Crippen LogP contribution in [0.4, 0.5) is 0 Å². The molecule has 4 heterocycles. The van der Waals surface area contributed by atoms with E-state index in [0.717, 1.165) is 25.9 Å². The molecule has 154 valence electrons.